The molecule has 1 aromatic carbocycles. The highest BCUT2D eigenvalue weighted by Gasteiger charge is 2.13. The van der Waals surface area contributed by atoms with Gasteiger partial charge in [-0.1, -0.05) is 12.1 Å². The summed E-state index contributed by atoms with van der Waals surface area (Å²) in [7, 11) is 0. The van der Waals surface area contributed by atoms with E-state index in [1.807, 2.05) is 24.3 Å². The Balaban J connectivity index is 2.01. The van der Waals surface area contributed by atoms with Crippen LogP contribution in [0.4, 0.5) is 5.69 Å². The van der Waals surface area contributed by atoms with E-state index in [0.29, 0.717) is 6.61 Å². The van der Waals surface area contributed by atoms with Gasteiger partial charge in [-0.2, -0.15) is 11.3 Å². The van der Waals surface area contributed by atoms with Crippen molar-refractivity contribution >= 4 is 23.0 Å². The first-order valence-corrected chi connectivity index (χ1v) is 7.20. The highest BCUT2D eigenvalue weighted by atomic mass is 32.1. The summed E-state index contributed by atoms with van der Waals surface area (Å²) in [6, 6.07) is 9.79. The number of nitrogens with one attached hydrogen (secondary N) is 1. The molecule has 19 heavy (non-hydrogen) atoms. The molecule has 1 aromatic heterocycles. The number of ether oxygens (including phenoxy) is 1. The van der Waals surface area contributed by atoms with Gasteiger partial charge in [-0.3, -0.25) is 0 Å². The summed E-state index contributed by atoms with van der Waals surface area (Å²) < 4.78 is 4.96. The molecule has 3 nitrogen and oxygen atoms in total. The lowest BCUT2D eigenvalue weighted by Crippen LogP contribution is -2.28. The van der Waals surface area contributed by atoms with Crippen LogP contribution in [0, 0.1) is 0 Å². The highest BCUT2D eigenvalue weighted by Crippen LogP contribution is 2.23. The summed E-state index contributed by atoms with van der Waals surface area (Å²) >= 11 is 1.68. The fourth-order valence-electron chi connectivity index (χ4n) is 1.76. The highest BCUT2D eigenvalue weighted by molar-refractivity contribution is 7.08. The second-order valence-electron chi connectivity index (χ2n) is 4.21. The molecule has 0 unspecified atom stereocenters. The van der Waals surface area contributed by atoms with E-state index in [1.54, 1.807) is 25.2 Å². The quantitative estimate of drug-likeness (QED) is 0.844. The molecule has 4 heteroatoms. The molecule has 0 saturated carbocycles. The molecule has 1 N–H and O–H groups in total. The maximum Gasteiger partial charge on any atom is 0.328 e. The van der Waals surface area contributed by atoms with E-state index < -0.39 is 0 Å². The Hall–Kier alpha value is -1.81. The number of esters is 1. The van der Waals surface area contributed by atoms with Gasteiger partial charge in [-0.15, -0.1) is 0 Å². The smallest absolute Gasteiger partial charge is 0.328 e. The van der Waals surface area contributed by atoms with Crippen molar-refractivity contribution in [2.24, 2.45) is 0 Å². The second kappa shape index (κ2) is 6.38. The molecule has 0 radical (unpaired) electrons. The van der Waals surface area contributed by atoms with Gasteiger partial charge in [0, 0.05) is 5.69 Å². The van der Waals surface area contributed by atoms with Crippen LogP contribution in [0.2, 0.25) is 0 Å². The van der Waals surface area contributed by atoms with Gasteiger partial charge in [0.05, 0.1) is 6.61 Å². The third kappa shape index (κ3) is 3.58. The molecule has 2 rings (SSSR count). The standard InChI is InChI=1S/C15H17NO2S/c1-3-18-15(17)11(2)16-14-6-4-12(5-7-14)13-8-9-19-10-13/h4-11,16H,3H2,1-2H3/t11-/m0/s1. The monoisotopic (exact) mass is 275 g/mol. The van der Waals surface area contributed by atoms with E-state index in [2.05, 4.69) is 22.1 Å². The van der Waals surface area contributed by atoms with Gasteiger partial charge in [0.2, 0.25) is 0 Å². The van der Waals surface area contributed by atoms with Gasteiger partial charge in [-0.25, -0.2) is 4.79 Å². The molecule has 0 aliphatic carbocycles. The zero-order valence-corrected chi connectivity index (χ0v) is 11.9. The van der Waals surface area contributed by atoms with Crippen molar-refractivity contribution in [3.8, 4) is 11.1 Å². The molecular formula is C15H17NO2S. The Kier molecular flexibility index (Phi) is 4.58. The van der Waals surface area contributed by atoms with Crippen molar-refractivity contribution in [1.29, 1.82) is 0 Å². The molecule has 0 amide bonds. The molecular weight excluding hydrogens is 258 g/mol. The molecule has 0 aliphatic rings. The minimum atomic E-state index is -0.341. The lowest BCUT2D eigenvalue weighted by atomic mass is 10.1. The lowest BCUT2D eigenvalue weighted by molar-refractivity contribution is -0.143. The second-order valence-corrected chi connectivity index (χ2v) is 4.99. The predicted molar refractivity (Wildman–Crippen MR) is 79.5 cm³/mol. The maximum absolute atomic E-state index is 11.5. The third-order valence-corrected chi connectivity index (χ3v) is 3.45. The summed E-state index contributed by atoms with van der Waals surface area (Å²) in [5.41, 5.74) is 3.31. The summed E-state index contributed by atoms with van der Waals surface area (Å²) in [5, 5.41) is 7.30. The van der Waals surface area contributed by atoms with Crippen LogP contribution in [0.3, 0.4) is 0 Å². The summed E-state index contributed by atoms with van der Waals surface area (Å²) in [5.74, 6) is -0.232. The molecule has 0 saturated heterocycles. The molecule has 0 aliphatic heterocycles. The lowest BCUT2D eigenvalue weighted by Gasteiger charge is -2.14. The van der Waals surface area contributed by atoms with E-state index in [9.17, 15) is 4.79 Å². The van der Waals surface area contributed by atoms with Crippen LogP contribution in [0.15, 0.2) is 41.1 Å². The number of hydrogen-bond donors (Lipinski definition) is 1. The van der Waals surface area contributed by atoms with Crippen molar-refractivity contribution < 1.29 is 9.53 Å². The molecule has 0 fully saturated rings. The zero-order chi connectivity index (χ0) is 13.7. The Labute approximate surface area is 117 Å². The molecule has 2 aromatic rings. The van der Waals surface area contributed by atoms with E-state index in [0.717, 1.165) is 5.69 Å². The molecule has 0 spiro atoms. The maximum atomic E-state index is 11.5. The van der Waals surface area contributed by atoms with Crippen LogP contribution < -0.4 is 5.32 Å². The summed E-state index contributed by atoms with van der Waals surface area (Å²) in [6.07, 6.45) is 0. The first kappa shape index (κ1) is 13.6. The van der Waals surface area contributed by atoms with Crippen LogP contribution in [0.1, 0.15) is 13.8 Å². The normalized spacial score (nSPS) is 11.9. The van der Waals surface area contributed by atoms with Crippen molar-refractivity contribution in [1.82, 2.24) is 0 Å². The molecule has 100 valence electrons. The fraction of sp³-hybridized carbons (Fsp3) is 0.267. The van der Waals surface area contributed by atoms with Crippen molar-refractivity contribution in [2.45, 2.75) is 19.9 Å². The first-order valence-electron chi connectivity index (χ1n) is 6.26. The number of carbonyl (C=O) groups excluding carboxylic acids is 1. The van der Waals surface area contributed by atoms with Gasteiger partial charge >= 0.3 is 5.97 Å². The summed E-state index contributed by atoms with van der Waals surface area (Å²) in [6.45, 7) is 4.01. The number of carbonyl (C=O) groups is 1. The predicted octanol–water partition coefficient (Wildman–Crippen LogP) is 3.78. The minimum Gasteiger partial charge on any atom is -0.464 e. The van der Waals surface area contributed by atoms with Crippen LogP contribution in [0.5, 0.6) is 0 Å². The minimum absolute atomic E-state index is 0.232. The third-order valence-electron chi connectivity index (χ3n) is 2.76. The Bertz CT molecular complexity index is 520. The topological polar surface area (TPSA) is 38.3 Å². The van der Waals surface area contributed by atoms with E-state index in [4.69, 9.17) is 4.74 Å². The first-order chi connectivity index (χ1) is 9.20. The van der Waals surface area contributed by atoms with Crippen molar-refractivity contribution in [3.05, 3.63) is 41.1 Å². The zero-order valence-electron chi connectivity index (χ0n) is 11.1. The average Bonchev–Trinajstić information content (AvgIpc) is 2.94. The molecule has 1 atom stereocenters. The Morgan fingerprint density at radius 3 is 2.58 bits per heavy atom. The average molecular weight is 275 g/mol. The van der Waals surface area contributed by atoms with Gasteiger partial charge in [0.15, 0.2) is 0 Å². The summed E-state index contributed by atoms with van der Waals surface area (Å²) in [4.78, 5) is 11.5. The van der Waals surface area contributed by atoms with Crippen LogP contribution >= 0.6 is 11.3 Å². The van der Waals surface area contributed by atoms with Crippen molar-refractivity contribution in [2.75, 3.05) is 11.9 Å². The van der Waals surface area contributed by atoms with Gasteiger partial charge in [-0.05, 0) is 53.9 Å². The number of anilines is 1. The number of hydrogen-bond acceptors (Lipinski definition) is 4. The van der Waals surface area contributed by atoms with Gasteiger partial charge in [0.25, 0.3) is 0 Å². The van der Waals surface area contributed by atoms with E-state index in [-0.39, 0.29) is 12.0 Å². The van der Waals surface area contributed by atoms with Gasteiger partial charge < -0.3 is 10.1 Å². The molecule has 1 heterocycles. The SMILES string of the molecule is CCOC(=O)[C@H](C)Nc1ccc(-c2ccsc2)cc1. The van der Waals surface area contributed by atoms with Crippen LogP contribution in [-0.4, -0.2) is 18.6 Å². The number of thiophene rings is 1. The Morgan fingerprint density at radius 2 is 2.00 bits per heavy atom. The fourth-order valence-corrected chi connectivity index (χ4v) is 2.43. The van der Waals surface area contributed by atoms with Crippen LogP contribution in [-0.2, 0) is 9.53 Å². The largest absolute Gasteiger partial charge is 0.464 e. The number of benzene rings is 1. The van der Waals surface area contributed by atoms with Crippen molar-refractivity contribution in [3.63, 3.8) is 0 Å². The van der Waals surface area contributed by atoms with E-state index in [1.165, 1.54) is 11.1 Å². The molecule has 0 bridgehead atoms. The van der Waals surface area contributed by atoms with Crippen LogP contribution in [0.25, 0.3) is 11.1 Å². The Morgan fingerprint density at radius 1 is 1.26 bits per heavy atom. The van der Waals surface area contributed by atoms with E-state index >= 15 is 0 Å². The number of rotatable bonds is 5. The van der Waals surface area contributed by atoms with Gasteiger partial charge in [0.1, 0.15) is 6.04 Å².